The summed E-state index contributed by atoms with van der Waals surface area (Å²) >= 11 is 0. The lowest BCUT2D eigenvalue weighted by atomic mass is 9.85. The SMILES string of the molecule is Cc1ncc(-c2ccc3cnc(NC(=O)C4CCC(NCCC(F)(F)F)CC4)nc3c2)o1. The number of anilines is 1. The molecule has 0 radical (unpaired) electrons. The Morgan fingerprint density at radius 1 is 1.16 bits per heavy atom. The number of benzene rings is 1. The van der Waals surface area contributed by atoms with Crippen LogP contribution in [0.5, 0.6) is 0 Å². The first-order valence-corrected chi connectivity index (χ1v) is 10.6. The van der Waals surface area contributed by atoms with Crippen LogP contribution in [0.3, 0.4) is 0 Å². The van der Waals surface area contributed by atoms with E-state index in [4.69, 9.17) is 4.42 Å². The van der Waals surface area contributed by atoms with Gasteiger partial charge in [-0.1, -0.05) is 12.1 Å². The summed E-state index contributed by atoms with van der Waals surface area (Å²) in [7, 11) is 0. The fourth-order valence-corrected chi connectivity index (χ4v) is 3.92. The molecule has 2 heterocycles. The van der Waals surface area contributed by atoms with Crippen molar-refractivity contribution in [3.63, 3.8) is 0 Å². The largest absolute Gasteiger partial charge is 0.441 e. The van der Waals surface area contributed by atoms with Gasteiger partial charge in [-0.3, -0.25) is 10.1 Å². The normalized spacial score (nSPS) is 19.2. The van der Waals surface area contributed by atoms with Crippen LogP contribution in [-0.2, 0) is 4.79 Å². The third-order valence-corrected chi connectivity index (χ3v) is 5.66. The number of hydrogen-bond acceptors (Lipinski definition) is 6. The molecule has 1 saturated carbocycles. The van der Waals surface area contributed by atoms with E-state index in [9.17, 15) is 18.0 Å². The van der Waals surface area contributed by atoms with Crippen LogP contribution < -0.4 is 10.6 Å². The van der Waals surface area contributed by atoms with Crippen molar-refractivity contribution >= 4 is 22.8 Å². The number of carbonyl (C=O) groups is 1. The second-order valence-corrected chi connectivity index (χ2v) is 8.07. The smallest absolute Gasteiger partial charge is 0.390 e. The van der Waals surface area contributed by atoms with Gasteiger partial charge < -0.3 is 9.73 Å². The molecule has 0 saturated heterocycles. The molecule has 1 aliphatic rings. The number of nitrogens with zero attached hydrogens (tertiary/aromatic N) is 3. The molecule has 170 valence electrons. The molecule has 2 N–H and O–H groups in total. The quantitative estimate of drug-likeness (QED) is 0.572. The number of halogens is 3. The summed E-state index contributed by atoms with van der Waals surface area (Å²) in [5, 5.41) is 6.55. The summed E-state index contributed by atoms with van der Waals surface area (Å²) in [4.78, 5) is 25.5. The Balaban J connectivity index is 1.34. The molecular weight excluding hydrogens is 423 g/mol. The highest BCUT2D eigenvalue weighted by Crippen LogP contribution is 2.27. The second kappa shape index (κ2) is 9.23. The van der Waals surface area contributed by atoms with Gasteiger partial charge in [0.25, 0.3) is 0 Å². The molecule has 0 atom stereocenters. The molecule has 1 amide bonds. The predicted octanol–water partition coefficient (Wildman–Crippen LogP) is 4.63. The summed E-state index contributed by atoms with van der Waals surface area (Å²) in [6.45, 7) is 1.68. The van der Waals surface area contributed by atoms with Crippen molar-refractivity contribution < 1.29 is 22.4 Å². The molecule has 10 heteroatoms. The molecule has 0 unspecified atom stereocenters. The van der Waals surface area contributed by atoms with Crippen LogP contribution in [0.1, 0.15) is 38.0 Å². The van der Waals surface area contributed by atoms with E-state index in [0.717, 1.165) is 10.9 Å². The molecule has 4 rings (SSSR count). The van der Waals surface area contributed by atoms with Gasteiger partial charge >= 0.3 is 6.18 Å². The third-order valence-electron chi connectivity index (χ3n) is 5.66. The molecule has 0 bridgehead atoms. The fourth-order valence-electron chi connectivity index (χ4n) is 3.92. The minimum Gasteiger partial charge on any atom is -0.441 e. The zero-order valence-electron chi connectivity index (χ0n) is 17.6. The minimum atomic E-state index is -4.15. The van der Waals surface area contributed by atoms with Gasteiger partial charge in [-0.25, -0.2) is 15.0 Å². The lowest BCUT2D eigenvalue weighted by molar-refractivity contribution is -0.133. The Kier molecular flexibility index (Phi) is 6.40. The van der Waals surface area contributed by atoms with E-state index < -0.39 is 12.6 Å². The molecule has 1 aliphatic carbocycles. The number of nitrogens with one attached hydrogen (secondary N) is 2. The highest BCUT2D eigenvalue weighted by molar-refractivity contribution is 5.92. The van der Waals surface area contributed by atoms with Gasteiger partial charge in [0.2, 0.25) is 11.9 Å². The van der Waals surface area contributed by atoms with Crippen LogP contribution in [0.25, 0.3) is 22.2 Å². The van der Waals surface area contributed by atoms with Crippen molar-refractivity contribution in [1.82, 2.24) is 20.3 Å². The number of carbonyl (C=O) groups excluding carboxylic acids is 1. The highest BCUT2D eigenvalue weighted by atomic mass is 19.4. The number of fused-ring (bicyclic) bond motifs is 1. The number of oxazole rings is 1. The van der Waals surface area contributed by atoms with Gasteiger partial charge in [0.15, 0.2) is 11.7 Å². The maximum atomic E-state index is 12.7. The van der Waals surface area contributed by atoms with Crippen molar-refractivity contribution in [2.24, 2.45) is 5.92 Å². The van der Waals surface area contributed by atoms with Crippen molar-refractivity contribution in [1.29, 1.82) is 0 Å². The van der Waals surface area contributed by atoms with Crippen molar-refractivity contribution in [3.8, 4) is 11.3 Å². The molecule has 2 aromatic heterocycles. The van der Waals surface area contributed by atoms with E-state index in [0.29, 0.717) is 42.9 Å². The van der Waals surface area contributed by atoms with Gasteiger partial charge in [-0.15, -0.1) is 0 Å². The van der Waals surface area contributed by atoms with E-state index in [1.54, 1.807) is 19.3 Å². The maximum Gasteiger partial charge on any atom is 0.390 e. The summed E-state index contributed by atoms with van der Waals surface area (Å²) in [5.74, 6) is 1.05. The van der Waals surface area contributed by atoms with Gasteiger partial charge in [0.1, 0.15) is 0 Å². The van der Waals surface area contributed by atoms with Crippen molar-refractivity contribution in [2.45, 2.75) is 51.2 Å². The van der Waals surface area contributed by atoms with Crippen molar-refractivity contribution in [3.05, 3.63) is 36.5 Å². The van der Waals surface area contributed by atoms with Gasteiger partial charge in [0.05, 0.1) is 18.1 Å². The van der Waals surface area contributed by atoms with E-state index >= 15 is 0 Å². The molecule has 7 nitrogen and oxygen atoms in total. The molecule has 3 aromatic rings. The molecule has 0 spiro atoms. The molecule has 1 aromatic carbocycles. The summed E-state index contributed by atoms with van der Waals surface area (Å²) < 4.78 is 42.4. The van der Waals surface area contributed by atoms with Gasteiger partial charge in [-0.05, 0) is 31.7 Å². The number of hydrogen-bond donors (Lipinski definition) is 2. The lowest BCUT2D eigenvalue weighted by Gasteiger charge is -2.28. The summed E-state index contributed by atoms with van der Waals surface area (Å²) in [6, 6.07) is 5.63. The zero-order chi connectivity index (χ0) is 22.7. The Bertz CT molecular complexity index is 1090. The lowest BCUT2D eigenvalue weighted by Crippen LogP contribution is -2.37. The van der Waals surface area contributed by atoms with Crippen LogP contribution in [-0.4, -0.2) is 39.6 Å². The summed E-state index contributed by atoms with van der Waals surface area (Å²) in [6.07, 6.45) is 0.839. The van der Waals surface area contributed by atoms with Crippen LogP contribution >= 0.6 is 0 Å². The first-order valence-electron chi connectivity index (χ1n) is 10.6. The average Bonchev–Trinajstić information content (AvgIpc) is 3.19. The maximum absolute atomic E-state index is 12.7. The van der Waals surface area contributed by atoms with E-state index in [1.807, 2.05) is 18.2 Å². The number of alkyl halides is 3. The Hall–Kier alpha value is -3.01. The number of amides is 1. The topological polar surface area (TPSA) is 92.9 Å². The predicted molar refractivity (Wildman–Crippen MR) is 113 cm³/mol. The Morgan fingerprint density at radius 2 is 1.94 bits per heavy atom. The molecule has 32 heavy (non-hydrogen) atoms. The Morgan fingerprint density at radius 3 is 2.62 bits per heavy atom. The number of aryl methyl sites for hydroxylation is 1. The summed E-state index contributed by atoms with van der Waals surface area (Å²) in [5.41, 5.74) is 1.49. The first-order chi connectivity index (χ1) is 15.3. The van der Waals surface area contributed by atoms with E-state index in [2.05, 4.69) is 25.6 Å². The van der Waals surface area contributed by atoms with Gasteiger partial charge in [0, 0.05) is 42.6 Å². The van der Waals surface area contributed by atoms with Crippen molar-refractivity contribution in [2.75, 3.05) is 11.9 Å². The second-order valence-electron chi connectivity index (χ2n) is 8.07. The molecule has 1 fully saturated rings. The monoisotopic (exact) mass is 447 g/mol. The van der Waals surface area contributed by atoms with Gasteiger partial charge in [-0.2, -0.15) is 13.2 Å². The number of aromatic nitrogens is 3. The van der Waals surface area contributed by atoms with Crippen LogP contribution in [0.2, 0.25) is 0 Å². The number of rotatable bonds is 6. The van der Waals surface area contributed by atoms with Crippen LogP contribution in [0.4, 0.5) is 19.1 Å². The Labute approximate surface area is 182 Å². The van der Waals surface area contributed by atoms with E-state index in [-0.39, 0.29) is 30.4 Å². The standard InChI is InChI=1S/C22H24F3N5O2/c1-13-27-12-19(32-13)15-2-3-16-11-28-21(29-18(16)10-15)30-20(31)14-4-6-17(7-5-14)26-9-8-22(23,24)25/h2-3,10-12,14,17,26H,4-9H2,1H3,(H,28,29,30,31). The van der Waals surface area contributed by atoms with Crippen LogP contribution in [0.15, 0.2) is 35.0 Å². The van der Waals surface area contributed by atoms with E-state index in [1.165, 1.54) is 0 Å². The molecular formula is C22H24F3N5O2. The third kappa shape index (κ3) is 5.61. The zero-order valence-corrected chi connectivity index (χ0v) is 17.6. The highest BCUT2D eigenvalue weighted by Gasteiger charge is 2.29. The van der Waals surface area contributed by atoms with Crippen LogP contribution in [0, 0.1) is 12.8 Å². The first kappa shape index (κ1) is 22.2. The fraction of sp³-hybridized carbons (Fsp3) is 0.455. The average molecular weight is 447 g/mol. The minimum absolute atomic E-state index is 0.0106. The molecule has 0 aliphatic heterocycles.